The Morgan fingerprint density at radius 3 is 2.54 bits per heavy atom. The van der Waals surface area contributed by atoms with E-state index >= 15 is 0 Å². The van der Waals surface area contributed by atoms with Gasteiger partial charge in [0.25, 0.3) is 0 Å². The molecule has 0 spiro atoms. The Labute approximate surface area is 220 Å². The van der Waals surface area contributed by atoms with Crippen LogP contribution >= 0.6 is 0 Å². The minimum Gasteiger partial charge on any atom is -0.496 e. The van der Waals surface area contributed by atoms with E-state index < -0.39 is 35.8 Å². The molecule has 1 aromatic carbocycles. The Hall–Kier alpha value is -3.49. The summed E-state index contributed by atoms with van der Waals surface area (Å²) in [5.41, 5.74) is -0.00200. The van der Waals surface area contributed by atoms with Gasteiger partial charge in [-0.1, -0.05) is 39.0 Å². The minimum atomic E-state index is -0.995. The Morgan fingerprint density at radius 2 is 1.97 bits per heavy atom. The van der Waals surface area contributed by atoms with Crippen molar-refractivity contribution in [2.75, 3.05) is 13.7 Å². The predicted octanol–water partition coefficient (Wildman–Crippen LogP) is 4.28. The summed E-state index contributed by atoms with van der Waals surface area (Å²) in [4.78, 5) is 40.9. The van der Waals surface area contributed by atoms with Crippen LogP contribution in [-0.2, 0) is 14.3 Å². The second-order valence-electron chi connectivity index (χ2n) is 10.1. The average Bonchev–Trinajstić information content (AvgIpc) is 3.27. The Kier molecular flexibility index (Phi) is 10.6. The first kappa shape index (κ1) is 29.7. The van der Waals surface area contributed by atoms with Crippen LogP contribution in [0.15, 0.2) is 37.1 Å². The maximum Gasteiger partial charge on any atom is 0.411 e. The second kappa shape index (κ2) is 13.2. The monoisotopic (exact) mass is 515 g/mol. The molecule has 0 aromatic heterocycles. The topological polar surface area (TPSA) is 106 Å². The van der Waals surface area contributed by atoms with Crippen LogP contribution in [0.3, 0.4) is 0 Å². The molecule has 1 heterocycles. The molecule has 1 aliphatic heterocycles. The lowest BCUT2D eigenvalue weighted by atomic mass is 9.97. The molecule has 1 aliphatic rings. The number of hydrogen-bond acceptors (Lipinski definition) is 6. The molecule has 4 atom stereocenters. The van der Waals surface area contributed by atoms with Gasteiger partial charge in [-0.05, 0) is 58.0 Å². The summed E-state index contributed by atoms with van der Waals surface area (Å²) in [7, 11) is 1.57. The SMILES string of the molecule is C=Cc1cc(O[C@H]2CCN(C(=O)OC(C)(C)C)[C@@H]2C(=O)N[C@H](C(=O)N/C=C/C)[C@@H](C)CC)ccc1OC. The van der Waals surface area contributed by atoms with Crippen molar-refractivity contribution in [1.82, 2.24) is 15.5 Å². The van der Waals surface area contributed by atoms with Gasteiger partial charge in [-0.15, -0.1) is 0 Å². The molecular formula is C28H41N3O6. The van der Waals surface area contributed by atoms with Crippen molar-refractivity contribution < 1.29 is 28.6 Å². The number of allylic oxidation sites excluding steroid dienone is 1. The number of amides is 3. The lowest BCUT2D eigenvalue weighted by Gasteiger charge is -2.32. The quantitative estimate of drug-likeness (QED) is 0.482. The number of rotatable bonds is 10. The minimum absolute atomic E-state index is 0.137. The van der Waals surface area contributed by atoms with E-state index in [9.17, 15) is 14.4 Å². The fourth-order valence-corrected chi connectivity index (χ4v) is 4.04. The molecule has 0 radical (unpaired) electrons. The Morgan fingerprint density at radius 1 is 1.27 bits per heavy atom. The van der Waals surface area contributed by atoms with Crippen LogP contribution in [0, 0.1) is 5.92 Å². The number of nitrogens with one attached hydrogen (secondary N) is 2. The van der Waals surface area contributed by atoms with Crippen LogP contribution < -0.4 is 20.1 Å². The van der Waals surface area contributed by atoms with Crippen molar-refractivity contribution in [3.8, 4) is 11.5 Å². The summed E-state index contributed by atoms with van der Waals surface area (Å²) in [6.45, 7) is 15.0. The number of methoxy groups -OCH3 is 1. The molecular weight excluding hydrogens is 474 g/mol. The van der Waals surface area contributed by atoms with Crippen LogP contribution in [0.25, 0.3) is 6.08 Å². The van der Waals surface area contributed by atoms with Crippen LogP contribution in [0.5, 0.6) is 11.5 Å². The van der Waals surface area contributed by atoms with Gasteiger partial charge in [0.2, 0.25) is 11.8 Å². The van der Waals surface area contributed by atoms with E-state index in [-0.39, 0.29) is 18.4 Å². The smallest absolute Gasteiger partial charge is 0.411 e. The molecule has 1 saturated heterocycles. The van der Waals surface area contributed by atoms with Gasteiger partial charge in [0, 0.05) is 18.5 Å². The first-order valence-electron chi connectivity index (χ1n) is 12.6. The highest BCUT2D eigenvalue weighted by molar-refractivity contribution is 5.92. The van der Waals surface area contributed by atoms with Gasteiger partial charge in [-0.3, -0.25) is 14.5 Å². The Balaban J connectivity index is 2.37. The molecule has 2 rings (SSSR count). The summed E-state index contributed by atoms with van der Waals surface area (Å²) in [6.07, 6.45) is 4.69. The molecule has 0 bridgehead atoms. The first-order chi connectivity index (χ1) is 17.4. The third-order valence-electron chi connectivity index (χ3n) is 6.13. The van der Waals surface area contributed by atoms with Crippen molar-refractivity contribution in [3.63, 3.8) is 0 Å². The van der Waals surface area contributed by atoms with Gasteiger partial charge in [0.1, 0.15) is 29.2 Å². The predicted molar refractivity (Wildman–Crippen MR) is 143 cm³/mol. The lowest BCUT2D eigenvalue weighted by Crippen LogP contribution is -2.57. The van der Waals surface area contributed by atoms with Crippen molar-refractivity contribution in [2.45, 2.75) is 78.2 Å². The largest absolute Gasteiger partial charge is 0.496 e. The molecule has 0 saturated carbocycles. The van der Waals surface area contributed by atoms with Crippen molar-refractivity contribution >= 4 is 24.0 Å². The molecule has 3 amide bonds. The fourth-order valence-electron chi connectivity index (χ4n) is 4.04. The van der Waals surface area contributed by atoms with Crippen LogP contribution in [0.4, 0.5) is 4.79 Å². The van der Waals surface area contributed by atoms with Gasteiger partial charge in [0.15, 0.2) is 6.04 Å². The van der Waals surface area contributed by atoms with Gasteiger partial charge < -0.3 is 24.8 Å². The molecule has 0 aliphatic carbocycles. The maximum absolute atomic E-state index is 13.7. The van der Waals surface area contributed by atoms with Crippen molar-refractivity contribution in [1.29, 1.82) is 0 Å². The van der Waals surface area contributed by atoms with Gasteiger partial charge in [-0.25, -0.2) is 4.79 Å². The van der Waals surface area contributed by atoms with Gasteiger partial charge >= 0.3 is 6.09 Å². The number of hydrogen-bond donors (Lipinski definition) is 2. The highest BCUT2D eigenvalue weighted by Crippen LogP contribution is 2.30. The number of benzene rings is 1. The number of carbonyl (C=O) groups excluding carboxylic acids is 3. The van der Waals surface area contributed by atoms with E-state index in [0.29, 0.717) is 24.3 Å². The van der Waals surface area contributed by atoms with E-state index in [0.717, 1.165) is 5.56 Å². The zero-order valence-corrected chi connectivity index (χ0v) is 23.0. The molecule has 204 valence electrons. The molecule has 9 nitrogen and oxygen atoms in total. The molecule has 9 heteroatoms. The standard InChI is InChI=1S/C28H41N3O6/c1-9-15-29-25(32)23(18(4)10-2)30-26(33)24-22(14-16-31(24)27(34)37-28(5,6)7)36-20-12-13-21(35-8)19(11-3)17-20/h9,11-13,15,17-18,22-24H,3,10,14,16H2,1-2,4-8H3,(H,29,32)(H,30,33)/b15-9+/t18-,22-,23-,24-/m0/s1. The lowest BCUT2D eigenvalue weighted by molar-refractivity contribution is -0.133. The molecule has 2 N–H and O–H groups in total. The zero-order chi connectivity index (χ0) is 27.8. The third kappa shape index (κ3) is 8.00. The summed E-state index contributed by atoms with van der Waals surface area (Å²) >= 11 is 0. The molecule has 0 unspecified atom stereocenters. The van der Waals surface area contributed by atoms with E-state index in [2.05, 4.69) is 17.2 Å². The van der Waals surface area contributed by atoms with Gasteiger partial charge in [0.05, 0.1) is 7.11 Å². The van der Waals surface area contributed by atoms with Gasteiger partial charge in [-0.2, -0.15) is 0 Å². The van der Waals surface area contributed by atoms with Crippen LogP contribution in [0.1, 0.15) is 59.9 Å². The summed E-state index contributed by atoms with van der Waals surface area (Å²) < 4.78 is 17.1. The van der Waals surface area contributed by atoms with Crippen molar-refractivity contribution in [2.24, 2.45) is 5.92 Å². The number of ether oxygens (including phenoxy) is 3. The van der Waals surface area contributed by atoms with Crippen LogP contribution in [0.2, 0.25) is 0 Å². The number of carbonyl (C=O) groups is 3. The Bertz CT molecular complexity index is 1000. The molecule has 1 fully saturated rings. The van der Waals surface area contributed by atoms with Crippen molar-refractivity contribution in [3.05, 3.63) is 42.6 Å². The average molecular weight is 516 g/mol. The third-order valence-corrected chi connectivity index (χ3v) is 6.13. The summed E-state index contributed by atoms with van der Waals surface area (Å²) in [5, 5.41) is 5.56. The normalized spacial score (nSPS) is 19.2. The highest BCUT2D eigenvalue weighted by atomic mass is 16.6. The number of likely N-dealkylation sites (tertiary alicyclic amines) is 1. The van der Waals surface area contributed by atoms with E-state index in [1.54, 1.807) is 65.2 Å². The highest BCUT2D eigenvalue weighted by Gasteiger charge is 2.46. The van der Waals surface area contributed by atoms with E-state index in [1.807, 2.05) is 13.8 Å². The second-order valence-corrected chi connectivity index (χ2v) is 10.1. The fraction of sp³-hybridized carbons (Fsp3) is 0.536. The zero-order valence-electron chi connectivity index (χ0n) is 23.0. The van der Waals surface area contributed by atoms with E-state index in [1.165, 1.54) is 11.1 Å². The number of nitrogens with zero attached hydrogens (tertiary/aromatic N) is 1. The maximum atomic E-state index is 13.7. The first-order valence-corrected chi connectivity index (χ1v) is 12.6. The molecule has 37 heavy (non-hydrogen) atoms. The summed E-state index contributed by atoms with van der Waals surface area (Å²) in [6, 6.07) is 3.48. The van der Waals surface area contributed by atoms with Crippen LogP contribution in [-0.4, -0.2) is 60.3 Å². The van der Waals surface area contributed by atoms with E-state index in [4.69, 9.17) is 14.2 Å². The summed E-state index contributed by atoms with van der Waals surface area (Å²) in [5.74, 6) is 0.204. The molecule has 1 aromatic rings.